The molecule has 0 spiro atoms. The number of rotatable bonds is 7. The van der Waals surface area contributed by atoms with Crippen molar-refractivity contribution in [3.05, 3.63) is 111 Å². The van der Waals surface area contributed by atoms with Gasteiger partial charge in [0.2, 0.25) is 0 Å². The van der Waals surface area contributed by atoms with Crippen molar-refractivity contribution in [3.63, 3.8) is 0 Å². The van der Waals surface area contributed by atoms with Gasteiger partial charge in [-0.15, -0.1) is 0 Å². The summed E-state index contributed by atoms with van der Waals surface area (Å²) in [5, 5.41) is 0. The molecule has 5 aromatic rings. The van der Waals surface area contributed by atoms with Crippen molar-refractivity contribution < 1.29 is 14.3 Å². The second-order valence-corrected chi connectivity index (χ2v) is 8.56. The number of hydrogen-bond donors (Lipinski definition) is 0. The maximum absolute atomic E-state index is 13.4. The molecule has 3 heterocycles. The number of para-hydroxylation sites is 2. The summed E-state index contributed by atoms with van der Waals surface area (Å²) in [5.41, 5.74) is 3.45. The van der Waals surface area contributed by atoms with E-state index in [1.165, 1.54) is 10.5 Å². The molecular weight excluding hydrogens is 472 g/mol. The second-order valence-electron chi connectivity index (χ2n) is 8.56. The lowest BCUT2D eigenvalue weighted by Crippen LogP contribution is -2.25. The van der Waals surface area contributed by atoms with Crippen LogP contribution in [0, 0.1) is 6.92 Å². The van der Waals surface area contributed by atoms with Crippen LogP contribution in [0.5, 0.6) is 5.75 Å². The molecule has 0 aliphatic rings. The molecular formula is C28H24N4O5. The van der Waals surface area contributed by atoms with Gasteiger partial charge in [-0.1, -0.05) is 12.1 Å². The van der Waals surface area contributed by atoms with Gasteiger partial charge in [0.05, 0.1) is 30.3 Å². The van der Waals surface area contributed by atoms with Gasteiger partial charge in [-0.25, -0.2) is 9.97 Å². The number of aryl methyl sites for hydroxylation is 2. The van der Waals surface area contributed by atoms with Crippen molar-refractivity contribution >= 4 is 22.6 Å². The van der Waals surface area contributed by atoms with E-state index in [1.54, 1.807) is 48.2 Å². The van der Waals surface area contributed by atoms with Crippen LogP contribution in [-0.4, -0.2) is 32.0 Å². The SMILES string of the molecule is COc1ccc(-n2c(=O)c(CCC(=O)OCc3cc(=O)n4ccc(C)cc4n3)nc3ccccc32)cc1. The van der Waals surface area contributed by atoms with E-state index in [4.69, 9.17) is 9.47 Å². The highest BCUT2D eigenvalue weighted by molar-refractivity contribution is 5.77. The van der Waals surface area contributed by atoms with Crippen molar-refractivity contribution in [2.45, 2.75) is 26.4 Å². The number of benzene rings is 2. The number of carbonyl (C=O) groups excluding carboxylic acids is 1. The van der Waals surface area contributed by atoms with Gasteiger partial charge >= 0.3 is 5.97 Å². The van der Waals surface area contributed by atoms with E-state index in [0.29, 0.717) is 33.8 Å². The zero-order valence-electron chi connectivity index (χ0n) is 20.4. The van der Waals surface area contributed by atoms with Crippen LogP contribution >= 0.6 is 0 Å². The predicted molar refractivity (Wildman–Crippen MR) is 138 cm³/mol. The third kappa shape index (κ3) is 4.97. The van der Waals surface area contributed by atoms with Crippen LogP contribution in [0.15, 0.2) is 82.5 Å². The molecule has 0 saturated carbocycles. The fourth-order valence-corrected chi connectivity index (χ4v) is 4.10. The van der Waals surface area contributed by atoms with E-state index in [9.17, 15) is 14.4 Å². The highest BCUT2D eigenvalue weighted by atomic mass is 16.5. The lowest BCUT2D eigenvalue weighted by Gasteiger charge is -2.13. The summed E-state index contributed by atoms with van der Waals surface area (Å²) in [6.45, 7) is 1.77. The lowest BCUT2D eigenvalue weighted by molar-refractivity contribution is -0.145. The molecule has 0 fully saturated rings. The van der Waals surface area contributed by atoms with Gasteiger partial charge in [0, 0.05) is 24.4 Å². The summed E-state index contributed by atoms with van der Waals surface area (Å²) in [4.78, 5) is 47.1. The van der Waals surface area contributed by atoms with Crippen LogP contribution in [0.2, 0.25) is 0 Å². The Morgan fingerprint density at radius 2 is 1.76 bits per heavy atom. The first-order chi connectivity index (χ1) is 17.9. The number of hydrogen-bond acceptors (Lipinski definition) is 7. The average molecular weight is 497 g/mol. The zero-order chi connectivity index (χ0) is 25.9. The quantitative estimate of drug-likeness (QED) is 0.318. The lowest BCUT2D eigenvalue weighted by atomic mass is 10.2. The Labute approximate surface area is 211 Å². The van der Waals surface area contributed by atoms with Crippen molar-refractivity contribution in [2.75, 3.05) is 7.11 Å². The third-order valence-corrected chi connectivity index (χ3v) is 5.98. The molecule has 0 radical (unpaired) electrons. The van der Waals surface area contributed by atoms with Gasteiger partial charge in [-0.2, -0.15) is 0 Å². The molecule has 0 unspecified atom stereocenters. The smallest absolute Gasteiger partial charge is 0.306 e. The van der Waals surface area contributed by atoms with Gasteiger partial charge in [0.15, 0.2) is 0 Å². The van der Waals surface area contributed by atoms with Crippen molar-refractivity contribution in [1.82, 2.24) is 18.9 Å². The molecule has 0 amide bonds. The summed E-state index contributed by atoms with van der Waals surface area (Å²) in [7, 11) is 1.58. The topological polar surface area (TPSA) is 105 Å². The van der Waals surface area contributed by atoms with Crippen molar-refractivity contribution in [2.24, 2.45) is 0 Å². The molecule has 0 aliphatic heterocycles. The zero-order valence-corrected chi connectivity index (χ0v) is 20.4. The Hall–Kier alpha value is -4.79. The first kappa shape index (κ1) is 23.9. The molecule has 5 rings (SSSR count). The first-order valence-corrected chi connectivity index (χ1v) is 11.7. The number of methoxy groups -OCH3 is 1. The van der Waals surface area contributed by atoms with Crippen molar-refractivity contribution in [3.8, 4) is 11.4 Å². The van der Waals surface area contributed by atoms with Gasteiger partial charge in [0.25, 0.3) is 11.1 Å². The number of nitrogens with zero attached hydrogens (tertiary/aromatic N) is 4. The minimum atomic E-state index is -0.517. The van der Waals surface area contributed by atoms with E-state index < -0.39 is 5.97 Å². The van der Waals surface area contributed by atoms with Crippen LogP contribution in [0.1, 0.15) is 23.4 Å². The van der Waals surface area contributed by atoms with Crippen LogP contribution in [0.4, 0.5) is 0 Å². The monoisotopic (exact) mass is 496 g/mol. The molecule has 9 nitrogen and oxygen atoms in total. The Kier molecular flexibility index (Phi) is 6.51. The van der Waals surface area contributed by atoms with Gasteiger partial charge in [-0.05, 0) is 61.0 Å². The molecule has 37 heavy (non-hydrogen) atoms. The number of aromatic nitrogens is 4. The molecule has 0 N–H and O–H groups in total. The van der Waals surface area contributed by atoms with Crippen molar-refractivity contribution in [1.29, 1.82) is 0 Å². The summed E-state index contributed by atoms with van der Waals surface area (Å²) in [5.74, 6) is 0.161. The summed E-state index contributed by atoms with van der Waals surface area (Å²) >= 11 is 0. The normalized spacial score (nSPS) is 11.1. The van der Waals surface area contributed by atoms with Gasteiger partial charge in [-0.3, -0.25) is 23.4 Å². The fraction of sp³-hybridized carbons (Fsp3) is 0.179. The Morgan fingerprint density at radius 3 is 2.54 bits per heavy atom. The van der Waals surface area contributed by atoms with Crippen LogP contribution < -0.4 is 15.9 Å². The summed E-state index contributed by atoms with van der Waals surface area (Å²) in [6.07, 6.45) is 1.71. The minimum Gasteiger partial charge on any atom is -0.497 e. The van der Waals surface area contributed by atoms with Crippen LogP contribution in [-0.2, 0) is 22.6 Å². The van der Waals surface area contributed by atoms with Crippen LogP contribution in [0.25, 0.3) is 22.4 Å². The van der Waals surface area contributed by atoms with E-state index in [0.717, 1.165) is 5.56 Å². The first-order valence-electron chi connectivity index (χ1n) is 11.7. The molecule has 9 heteroatoms. The molecule has 0 saturated heterocycles. The Bertz CT molecular complexity index is 1740. The highest BCUT2D eigenvalue weighted by Gasteiger charge is 2.15. The number of ether oxygens (including phenoxy) is 2. The predicted octanol–water partition coefficient (Wildman–Crippen LogP) is 3.39. The summed E-state index contributed by atoms with van der Waals surface area (Å²) in [6, 6.07) is 19.4. The van der Waals surface area contributed by atoms with E-state index in [1.807, 2.05) is 37.3 Å². The largest absolute Gasteiger partial charge is 0.497 e. The number of carbonyl (C=O) groups is 1. The summed E-state index contributed by atoms with van der Waals surface area (Å²) < 4.78 is 13.6. The molecule has 186 valence electrons. The van der Waals surface area contributed by atoms with Crippen LogP contribution in [0.3, 0.4) is 0 Å². The van der Waals surface area contributed by atoms with Gasteiger partial charge in [0.1, 0.15) is 23.7 Å². The molecule has 0 atom stereocenters. The maximum atomic E-state index is 13.4. The molecule has 0 bridgehead atoms. The minimum absolute atomic E-state index is 0.0468. The Balaban J connectivity index is 1.35. The molecule has 2 aromatic carbocycles. The Morgan fingerprint density at radius 1 is 0.973 bits per heavy atom. The maximum Gasteiger partial charge on any atom is 0.306 e. The average Bonchev–Trinajstić information content (AvgIpc) is 2.90. The fourth-order valence-electron chi connectivity index (χ4n) is 4.10. The number of esters is 1. The number of fused-ring (bicyclic) bond motifs is 2. The standard InChI is InChI=1S/C28H24N4O5/c1-18-13-14-31-25(15-18)29-19(16-26(31)33)17-37-27(34)12-11-23-28(35)32(20-7-9-21(36-2)10-8-20)24-6-4-3-5-22(24)30-23/h3-10,13-16H,11-12,17H2,1-2H3. The van der Waals surface area contributed by atoms with Gasteiger partial charge < -0.3 is 9.47 Å². The highest BCUT2D eigenvalue weighted by Crippen LogP contribution is 2.19. The second kappa shape index (κ2) is 10.1. The molecule has 0 aliphatic carbocycles. The third-order valence-electron chi connectivity index (χ3n) is 5.98. The number of pyridine rings is 1. The van der Waals surface area contributed by atoms with E-state index in [2.05, 4.69) is 9.97 Å². The van der Waals surface area contributed by atoms with E-state index in [-0.39, 0.29) is 36.3 Å². The van der Waals surface area contributed by atoms with E-state index >= 15 is 0 Å². The molecule has 3 aromatic heterocycles.